The molecule has 1 saturated heterocycles. The highest BCUT2D eigenvalue weighted by atomic mass is 16.5. The zero-order chi connectivity index (χ0) is 18.0. The Bertz CT molecular complexity index is 711. The van der Waals surface area contributed by atoms with Crippen LogP contribution < -0.4 is 15.4 Å². The molecule has 25 heavy (non-hydrogen) atoms. The third-order valence-corrected chi connectivity index (χ3v) is 4.74. The van der Waals surface area contributed by atoms with Crippen LogP contribution in [0.1, 0.15) is 55.5 Å². The minimum Gasteiger partial charge on any atom is -0.478 e. The van der Waals surface area contributed by atoms with Crippen molar-refractivity contribution in [2.24, 2.45) is 0 Å². The predicted octanol–water partition coefficient (Wildman–Crippen LogP) is 1.76. The Kier molecular flexibility index (Phi) is 4.79. The molecular formula is C19H24N2O4. The second-order valence-corrected chi connectivity index (χ2v) is 7.17. The summed E-state index contributed by atoms with van der Waals surface area (Å²) in [5, 5.41) is 5.52. The van der Waals surface area contributed by atoms with Crippen LogP contribution in [0.2, 0.25) is 0 Å². The lowest BCUT2D eigenvalue weighted by Crippen LogP contribution is -2.56. The van der Waals surface area contributed by atoms with Gasteiger partial charge < -0.3 is 15.4 Å². The zero-order valence-corrected chi connectivity index (χ0v) is 14.7. The first kappa shape index (κ1) is 17.5. The summed E-state index contributed by atoms with van der Waals surface area (Å²) < 4.78 is 5.89. The second-order valence-electron chi connectivity index (χ2n) is 7.17. The Morgan fingerprint density at radius 2 is 2.04 bits per heavy atom. The number of ketones is 1. The van der Waals surface area contributed by atoms with E-state index >= 15 is 0 Å². The fourth-order valence-corrected chi connectivity index (χ4v) is 3.27. The summed E-state index contributed by atoms with van der Waals surface area (Å²) in [6, 6.07) is 4.83. The van der Waals surface area contributed by atoms with Crippen molar-refractivity contribution >= 4 is 17.6 Å². The van der Waals surface area contributed by atoms with Gasteiger partial charge in [-0.2, -0.15) is 0 Å². The number of ether oxygens (including phenoxy) is 1. The fourth-order valence-electron chi connectivity index (χ4n) is 3.27. The highest BCUT2D eigenvalue weighted by Gasteiger charge is 2.34. The fraction of sp³-hybridized carbons (Fsp3) is 0.526. The van der Waals surface area contributed by atoms with Gasteiger partial charge in [-0.3, -0.25) is 14.4 Å². The summed E-state index contributed by atoms with van der Waals surface area (Å²) in [4.78, 5) is 36.3. The number of benzene rings is 1. The van der Waals surface area contributed by atoms with Crippen molar-refractivity contribution in [3.63, 3.8) is 0 Å². The van der Waals surface area contributed by atoms with Gasteiger partial charge in [0.2, 0.25) is 5.91 Å². The molecule has 3 rings (SSSR count). The number of nitrogens with one attached hydrogen (secondary N) is 2. The monoisotopic (exact) mass is 344 g/mol. The van der Waals surface area contributed by atoms with Gasteiger partial charge in [-0.05, 0) is 63.3 Å². The van der Waals surface area contributed by atoms with Gasteiger partial charge in [0, 0.05) is 18.5 Å². The molecule has 1 atom stereocenters. The molecule has 2 N–H and O–H groups in total. The second kappa shape index (κ2) is 6.86. The van der Waals surface area contributed by atoms with Gasteiger partial charge in [0.15, 0.2) is 11.4 Å². The maximum atomic E-state index is 12.6. The van der Waals surface area contributed by atoms with Gasteiger partial charge in [0.1, 0.15) is 11.8 Å². The number of fused-ring (bicyclic) bond motifs is 1. The van der Waals surface area contributed by atoms with Crippen LogP contribution in [0.4, 0.5) is 0 Å². The number of piperidine rings is 1. The Morgan fingerprint density at radius 1 is 1.24 bits per heavy atom. The molecule has 1 aromatic rings. The summed E-state index contributed by atoms with van der Waals surface area (Å²) in [6.07, 6.45) is 3.75. The van der Waals surface area contributed by atoms with Gasteiger partial charge in [0.05, 0.1) is 0 Å². The molecule has 134 valence electrons. The first-order valence-corrected chi connectivity index (χ1v) is 8.80. The Hall–Kier alpha value is -2.37. The molecule has 1 aliphatic heterocycles. The molecule has 1 aliphatic carbocycles. The number of Topliss-reactive ketones (excluding diaryl/α,β-unsaturated/α-hetero) is 1. The van der Waals surface area contributed by atoms with E-state index in [9.17, 15) is 14.4 Å². The minimum atomic E-state index is -1.12. The summed E-state index contributed by atoms with van der Waals surface area (Å²) in [6.45, 7) is 4.00. The van der Waals surface area contributed by atoms with Gasteiger partial charge in [-0.1, -0.05) is 0 Å². The van der Waals surface area contributed by atoms with E-state index in [0.29, 0.717) is 25.1 Å². The molecule has 0 saturated carbocycles. The van der Waals surface area contributed by atoms with Crippen molar-refractivity contribution in [1.82, 2.24) is 10.6 Å². The largest absolute Gasteiger partial charge is 0.478 e. The van der Waals surface area contributed by atoms with Gasteiger partial charge in [0.25, 0.3) is 5.91 Å². The topological polar surface area (TPSA) is 84.5 Å². The number of aryl methyl sites for hydroxylation is 1. The van der Waals surface area contributed by atoms with Crippen LogP contribution >= 0.6 is 0 Å². The van der Waals surface area contributed by atoms with E-state index < -0.39 is 11.6 Å². The molecule has 2 amide bonds. The standard InChI is InChI=1S/C19H24N2O4/c1-19(2,18(24)21-15-6-4-10-20-17(15)23)25-13-8-9-14-12(11-13)5-3-7-16(14)22/h8-9,11,15H,3-7,10H2,1-2H3,(H,20,23)(H,21,24)/t15-/m1/s1. The van der Waals surface area contributed by atoms with Crippen molar-refractivity contribution in [2.45, 2.75) is 57.6 Å². The lowest BCUT2D eigenvalue weighted by atomic mass is 9.90. The summed E-state index contributed by atoms with van der Waals surface area (Å²) >= 11 is 0. The molecule has 0 unspecified atom stereocenters. The van der Waals surface area contributed by atoms with Crippen molar-refractivity contribution < 1.29 is 19.1 Å². The van der Waals surface area contributed by atoms with Crippen LogP contribution in [-0.2, 0) is 16.0 Å². The maximum Gasteiger partial charge on any atom is 0.264 e. The number of rotatable bonds is 4. The number of hydrogen-bond acceptors (Lipinski definition) is 4. The van der Waals surface area contributed by atoms with Crippen LogP contribution in [0.5, 0.6) is 5.75 Å². The molecule has 6 nitrogen and oxygen atoms in total. The van der Waals surface area contributed by atoms with Gasteiger partial charge in [-0.15, -0.1) is 0 Å². The number of carbonyl (C=O) groups is 3. The zero-order valence-electron chi connectivity index (χ0n) is 14.7. The van der Waals surface area contributed by atoms with Crippen molar-refractivity contribution in [1.29, 1.82) is 0 Å². The number of hydrogen-bond donors (Lipinski definition) is 2. The van der Waals surface area contributed by atoms with Crippen LogP contribution in [0.25, 0.3) is 0 Å². The van der Waals surface area contributed by atoms with Crippen molar-refractivity contribution in [2.75, 3.05) is 6.54 Å². The molecule has 1 heterocycles. The molecule has 0 radical (unpaired) electrons. The van der Waals surface area contributed by atoms with Crippen LogP contribution in [0.3, 0.4) is 0 Å². The highest BCUT2D eigenvalue weighted by Crippen LogP contribution is 2.27. The molecule has 0 aromatic heterocycles. The molecule has 2 aliphatic rings. The van der Waals surface area contributed by atoms with E-state index in [4.69, 9.17) is 4.74 Å². The number of carbonyl (C=O) groups excluding carboxylic acids is 3. The van der Waals surface area contributed by atoms with Gasteiger partial charge in [-0.25, -0.2) is 0 Å². The average Bonchev–Trinajstić information content (AvgIpc) is 2.56. The molecule has 1 fully saturated rings. The summed E-state index contributed by atoms with van der Waals surface area (Å²) in [7, 11) is 0. The summed E-state index contributed by atoms with van der Waals surface area (Å²) in [5.74, 6) is 0.237. The van der Waals surface area contributed by atoms with Gasteiger partial charge >= 0.3 is 0 Å². The molecule has 6 heteroatoms. The van der Waals surface area contributed by atoms with Crippen LogP contribution in [-0.4, -0.2) is 35.8 Å². The Morgan fingerprint density at radius 3 is 2.80 bits per heavy atom. The van der Waals surface area contributed by atoms with E-state index in [1.165, 1.54) is 0 Å². The van der Waals surface area contributed by atoms with Crippen LogP contribution in [0, 0.1) is 0 Å². The van der Waals surface area contributed by atoms with E-state index in [0.717, 1.165) is 30.4 Å². The normalized spacial score (nSPS) is 20.5. The summed E-state index contributed by atoms with van der Waals surface area (Å²) in [5.41, 5.74) is 0.598. The molecule has 0 spiro atoms. The van der Waals surface area contributed by atoms with E-state index in [-0.39, 0.29) is 17.6 Å². The minimum absolute atomic E-state index is 0.150. The third-order valence-electron chi connectivity index (χ3n) is 4.74. The van der Waals surface area contributed by atoms with E-state index in [1.54, 1.807) is 26.0 Å². The van der Waals surface area contributed by atoms with E-state index in [1.807, 2.05) is 6.07 Å². The van der Waals surface area contributed by atoms with E-state index in [2.05, 4.69) is 10.6 Å². The van der Waals surface area contributed by atoms with Crippen molar-refractivity contribution in [3.05, 3.63) is 29.3 Å². The first-order chi connectivity index (χ1) is 11.9. The highest BCUT2D eigenvalue weighted by molar-refractivity contribution is 5.98. The smallest absolute Gasteiger partial charge is 0.264 e. The van der Waals surface area contributed by atoms with Crippen LogP contribution in [0.15, 0.2) is 18.2 Å². The predicted molar refractivity (Wildman–Crippen MR) is 92.6 cm³/mol. The third kappa shape index (κ3) is 3.83. The SMILES string of the molecule is CC(C)(Oc1ccc2c(c1)CCCC2=O)C(=O)N[C@@H]1CCCNC1=O. The molecule has 1 aromatic carbocycles. The number of amides is 2. The van der Waals surface area contributed by atoms with Crippen molar-refractivity contribution in [3.8, 4) is 5.75 Å². The maximum absolute atomic E-state index is 12.6. The Balaban J connectivity index is 1.69. The quantitative estimate of drug-likeness (QED) is 0.872. The Labute approximate surface area is 147 Å². The molecule has 0 bridgehead atoms. The molecular weight excluding hydrogens is 320 g/mol. The first-order valence-electron chi connectivity index (χ1n) is 8.80. The average molecular weight is 344 g/mol. The lowest BCUT2D eigenvalue weighted by molar-refractivity contribution is -0.138. The lowest BCUT2D eigenvalue weighted by Gasteiger charge is -2.30.